The first-order valence-corrected chi connectivity index (χ1v) is 7.74. The van der Waals surface area contributed by atoms with Crippen LogP contribution in [0.5, 0.6) is 0 Å². The molecule has 1 aromatic heterocycles. The molecule has 3 heteroatoms. The lowest BCUT2D eigenvalue weighted by Gasteiger charge is -2.26. The third-order valence-electron chi connectivity index (χ3n) is 3.62. The van der Waals surface area contributed by atoms with Gasteiger partial charge in [-0.25, -0.2) is 0 Å². The van der Waals surface area contributed by atoms with Crippen molar-refractivity contribution in [1.82, 2.24) is 0 Å². The molecular weight excluding hydrogens is 244 g/mol. The fourth-order valence-electron chi connectivity index (χ4n) is 2.51. The Labute approximate surface area is 113 Å². The summed E-state index contributed by atoms with van der Waals surface area (Å²) in [4.78, 5) is 14.1. The van der Waals surface area contributed by atoms with Crippen LogP contribution in [0.15, 0.2) is 12.1 Å². The number of carbonyl (C=O) groups excluding carboxylic acids is 1. The van der Waals surface area contributed by atoms with Crippen LogP contribution in [0, 0.1) is 5.92 Å². The van der Waals surface area contributed by atoms with E-state index in [0.29, 0.717) is 6.10 Å². The molecule has 0 aromatic carbocycles. The molecule has 0 spiro atoms. The van der Waals surface area contributed by atoms with Crippen LogP contribution in [0.2, 0.25) is 0 Å². The van der Waals surface area contributed by atoms with Gasteiger partial charge in [-0.15, -0.1) is 11.3 Å². The van der Waals surface area contributed by atoms with Gasteiger partial charge in [0.25, 0.3) is 0 Å². The van der Waals surface area contributed by atoms with E-state index < -0.39 is 0 Å². The van der Waals surface area contributed by atoms with Gasteiger partial charge in [0.05, 0.1) is 11.0 Å². The maximum atomic E-state index is 12.0. The van der Waals surface area contributed by atoms with Gasteiger partial charge in [0.2, 0.25) is 0 Å². The number of Topliss-reactive ketones (excluding diaryl/α,β-unsaturated/α-hetero) is 1. The maximum absolute atomic E-state index is 12.0. The van der Waals surface area contributed by atoms with Gasteiger partial charge in [0.1, 0.15) is 6.61 Å². The van der Waals surface area contributed by atoms with Crippen molar-refractivity contribution in [2.45, 2.75) is 52.1 Å². The van der Waals surface area contributed by atoms with Crippen molar-refractivity contribution in [3.63, 3.8) is 0 Å². The zero-order valence-electron chi connectivity index (χ0n) is 11.3. The Hall–Kier alpha value is -0.670. The second-order valence-electron chi connectivity index (χ2n) is 5.25. The molecule has 1 fully saturated rings. The summed E-state index contributed by atoms with van der Waals surface area (Å²) in [5.41, 5.74) is 0. The Morgan fingerprint density at radius 1 is 1.44 bits per heavy atom. The molecule has 0 saturated heterocycles. The summed E-state index contributed by atoms with van der Waals surface area (Å²) in [6.07, 6.45) is 6.06. The molecule has 0 aliphatic heterocycles. The number of ether oxygens (including phenoxy) is 1. The summed E-state index contributed by atoms with van der Waals surface area (Å²) >= 11 is 1.60. The van der Waals surface area contributed by atoms with E-state index >= 15 is 0 Å². The van der Waals surface area contributed by atoms with Crippen molar-refractivity contribution in [3.8, 4) is 0 Å². The highest BCUT2D eigenvalue weighted by Crippen LogP contribution is 2.26. The highest BCUT2D eigenvalue weighted by Gasteiger charge is 2.20. The average molecular weight is 266 g/mol. The molecule has 18 heavy (non-hydrogen) atoms. The smallest absolute Gasteiger partial charge is 0.198 e. The van der Waals surface area contributed by atoms with Crippen LogP contribution in [0.25, 0.3) is 0 Å². The largest absolute Gasteiger partial charge is 0.370 e. The molecule has 1 saturated carbocycles. The molecule has 1 aromatic rings. The van der Waals surface area contributed by atoms with E-state index in [1.165, 1.54) is 17.7 Å². The van der Waals surface area contributed by atoms with Crippen molar-refractivity contribution in [1.29, 1.82) is 0 Å². The molecule has 2 unspecified atom stereocenters. The van der Waals surface area contributed by atoms with Crippen molar-refractivity contribution in [3.05, 3.63) is 21.9 Å². The lowest BCUT2D eigenvalue weighted by Crippen LogP contribution is -2.24. The second kappa shape index (κ2) is 6.48. The van der Waals surface area contributed by atoms with E-state index in [1.807, 2.05) is 12.1 Å². The maximum Gasteiger partial charge on any atom is 0.198 e. The van der Waals surface area contributed by atoms with Gasteiger partial charge in [0.15, 0.2) is 5.78 Å². The lowest BCUT2D eigenvalue weighted by atomic mass is 9.89. The number of aryl methyl sites for hydroxylation is 1. The normalized spacial score (nSPS) is 24.1. The molecule has 1 aliphatic rings. The molecule has 1 aliphatic carbocycles. The molecule has 0 N–H and O–H groups in total. The number of carbonyl (C=O) groups is 1. The Balaban J connectivity index is 1.80. The minimum Gasteiger partial charge on any atom is -0.370 e. The summed E-state index contributed by atoms with van der Waals surface area (Å²) in [6.45, 7) is 4.63. The highest BCUT2D eigenvalue weighted by atomic mass is 32.1. The van der Waals surface area contributed by atoms with E-state index in [0.717, 1.165) is 30.1 Å². The fraction of sp³-hybridized carbons (Fsp3) is 0.667. The number of hydrogen-bond donors (Lipinski definition) is 0. The van der Waals surface area contributed by atoms with Crippen molar-refractivity contribution >= 4 is 17.1 Å². The quantitative estimate of drug-likeness (QED) is 0.750. The number of thiophene rings is 1. The lowest BCUT2D eigenvalue weighted by molar-refractivity contribution is 0.0184. The SMILES string of the molecule is CCc1ccc(C(=O)COC2CCCC(C)C2)s1. The standard InChI is InChI=1S/C15H22O2S/c1-3-13-7-8-15(18-13)14(16)10-17-12-6-4-5-11(2)9-12/h7-8,11-12H,3-6,9-10H2,1-2H3. The number of ketones is 1. The molecular formula is C15H22O2S. The summed E-state index contributed by atoms with van der Waals surface area (Å²) in [5.74, 6) is 0.880. The molecule has 2 nitrogen and oxygen atoms in total. The van der Waals surface area contributed by atoms with Gasteiger partial charge in [-0.1, -0.05) is 26.7 Å². The predicted octanol–water partition coefficient (Wildman–Crippen LogP) is 4.09. The van der Waals surface area contributed by atoms with Gasteiger partial charge in [-0.3, -0.25) is 4.79 Å². The number of rotatable bonds is 5. The summed E-state index contributed by atoms with van der Waals surface area (Å²) < 4.78 is 5.77. The first kappa shape index (κ1) is 13.8. The van der Waals surface area contributed by atoms with E-state index in [4.69, 9.17) is 4.74 Å². The fourth-order valence-corrected chi connectivity index (χ4v) is 3.38. The zero-order valence-corrected chi connectivity index (χ0v) is 12.1. The van der Waals surface area contributed by atoms with Crippen LogP contribution in [0.4, 0.5) is 0 Å². The van der Waals surface area contributed by atoms with Crippen LogP contribution in [0.1, 0.15) is 54.1 Å². The molecule has 2 rings (SSSR count). The number of hydrogen-bond acceptors (Lipinski definition) is 3. The van der Waals surface area contributed by atoms with Crippen LogP contribution in [-0.4, -0.2) is 18.5 Å². The third kappa shape index (κ3) is 3.66. The topological polar surface area (TPSA) is 26.3 Å². The van der Waals surface area contributed by atoms with E-state index in [9.17, 15) is 4.79 Å². The van der Waals surface area contributed by atoms with E-state index in [1.54, 1.807) is 11.3 Å². The Kier molecular flexibility index (Phi) is 4.95. The summed E-state index contributed by atoms with van der Waals surface area (Å²) in [5, 5.41) is 0. The Bertz CT molecular complexity index is 397. The van der Waals surface area contributed by atoms with Gasteiger partial charge < -0.3 is 4.74 Å². The molecule has 1 heterocycles. The van der Waals surface area contributed by atoms with Crippen LogP contribution < -0.4 is 0 Å². The predicted molar refractivity (Wildman–Crippen MR) is 75.4 cm³/mol. The van der Waals surface area contributed by atoms with Gasteiger partial charge in [-0.2, -0.15) is 0 Å². The Morgan fingerprint density at radius 3 is 2.94 bits per heavy atom. The molecule has 100 valence electrons. The van der Waals surface area contributed by atoms with E-state index in [-0.39, 0.29) is 12.4 Å². The third-order valence-corrected chi connectivity index (χ3v) is 4.89. The van der Waals surface area contributed by atoms with Gasteiger partial charge in [0, 0.05) is 4.88 Å². The molecule has 0 bridgehead atoms. The van der Waals surface area contributed by atoms with E-state index in [2.05, 4.69) is 13.8 Å². The molecule has 0 radical (unpaired) electrons. The van der Waals surface area contributed by atoms with Crippen LogP contribution >= 0.6 is 11.3 Å². The van der Waals surface area contributed by atoms with Crippen molar-refractivity contribution in [2.75, 3.05) is 6.61 Å². The first-order valence-electron chi connectivity index (χ1n) is 6.92. The highest BCUT2D eigenvalue weighted by molar-refractivity contribution is 7.14. The van der Waals surface area contributed by atoms with Crippen molar-refractivity contribution < 1.29 is 9.53 Å². The van der Waals surface area contributed by atoms with Crippen molar-refractivity contribution in [2.24, 2.45) is 5.92 Å². The Morgan fingerprint density at radius 2 is 2.28 bits per heavy atom. The van der Waals surface area contributed by atoms with Crippen LogP contribution in [-0.2, 0) is 11.2 Å². The zero-order chi connectivity index (χ0) is 13.0. The van der Waals surface area contributed by atoms with Gasteiger partial charge >= 0.3 is 0 Å². The first-order chi connectivity index (χ1) is 8.69. The van der Waals surface area contributed by atoms with Gasteiger partial charge in [-0.05, 0) is 37.3 Å². The monoisotopic (exact) mass is 266 g/mol. The summed E-state index contributed by atoms with van der Waals surface area (Å²) in [6, 6.07) is 3.97. The minimum absolute atomic E-state index is 0.137. The van der Waals surface area contributed by atoms with Crippen LogP contribution in [0.3, 0.4) is 0 Å². The minimum atomic E-state index is 0.137. The molecule has 0 amide bonds. The summed E-state index contributed by atoms with van der Waals surface area (Å²) in [7, 11) is 0. The second-order valence-corrected chi connectivity index (χ2v) is 6.42. The molecule has 2 atom stereocenters. The average Bonchev–Trinajstić information content (AvgIpc) is 2.85.